The van der Waals surface area contributed by atoms with Gasteiger partial charge in [-0.25, -0.2) is 12.8 Å². The predicted octanol–water partition coefficient (Wildman–Crippen LogP) is 3.45. The summed E-state index contributed by atoms with van der Waals surface area (Å²) < 4.78 is 45.1. The van der Waals surface area contributed by atoms with Gasteiger partial charge in [-0.1, -0.05) is 6.07 Å². The summed E-state index contributed by atoms with van der Waals surface area (Å²) in [5.74, 6) is -0.648. The molecule has 7 heteroatoms. The molecule has 0 aliphatic carbocycles. The number of rotatable bonds is 4. The molecule has 3 rings (SSSR count). The number of piperidine rings is 1. The molecule has 1 fully saturated rings. The number of hydrogen-bond acceptors (Lipinski definition) is 4. The summed E-state index contributed by atoms with van der Waals surface area (Å²) in [4.78, 5) is 12.5. The minimum atomic E-state index is -3.68. The fraction of sp³-hybridized carbons (Fsp3) is 0.350. The summed E-state index contributed by atoms with van der Waals surface area (Å²) in [6.45, 7) is 4.32. The van der Waals surface area contributed by atoms with Crippen molar-refractivity contribution in [2.45, 2.75) is 31.6 Å². The van der Waals surface area contributed by atoms with Gasteiger partial charge in [-0.05, 0) is 74.2 Å². The van der Waals surface area contributed by atoms with Crippen LogP contribution in [0.15, 0.2) is 47.4 Å². The van der Waals surface area contributed by atoms with E-state index in [0.717, 1.165) is 23.3 Å². The normalized spacial score (nSPS) is 16.3. The van der Waals surface area contributed by atoms with E-state index < -0.39 is 15.8 Å². The zero-order valence-electron chi connectivity index (χ0n) is 15.3. The summed E-state index contributed by atoms with van der Waals surface area (Å²) in [7, 11) is -3.68. The Balaban J connectivity index is 1.62. The van der Waals surface area contributed by atoms with E-state index in [-0.39, 0.29) is 29.9 Å². The SMILES string of the molecule is Cc1cc(C)cc(OC(=O)C2CCN(S(=O)(=O)c3ccc(F)cc3)CC2)c1. The molecule has 1 aliphatic rings. The minimum absolute atomic E-state index is 0.0557. The number of carbonyl (C=O) groups excluding carboxylic acids is 1. The molecule has 0 spiro atoms. The summed E-state index contributed by atoms with van der Waals surface area (Å²) in [5.41, 5.74) is 2.02. The van der Waals surface area contributed by atoms with Crippen molar-refractivity contribution in [3.8, 4) is 5.75 Å². The third kappa shape index (κ3) is 4.54. The van der Waals surface area contributed by atoms with Crippen LogP contribution in [-0.4, -0.2) is 31.8 Å². The average Bonchev–Trinajstić information content (AvgIpc) is 2.61. The van der Waals surface area contributed by atoms with Crippen molar-refractivity contribution in [1.29, 1.82) is 0 Å². The highest BCUT2D eigenvalue weighted by molar-refractivity contribution is 7.89. The van der Waals surface area contributed by atoms with E-state index in [9.17, 15) is 17.6 Å². The van der Waals surface area contributed by atoms with Crippen molar-refractivity contribution in [2.24, 2.45) is 5.92 Å². The summed E-state index contributed by atoms with van der Waals surface area (Å²) in [5, 5.41) is 0. The van der Waals surface area contributed by atoms with Crippen molar-refractivity contribution in [1.82, 2.24) is 4.31 Å². The lowest BCUT2D eigenvalue weighted by atomic mass is 9.98. The third-order valence-corrected chi connectivity index (χ3v) is 6.57. The van der Waals surface area contributed by atoms with Crippen molar-refractivity contribution in [2.75, 3.05) is 13.1 Å². The molecule has 1 aliphatic heterocycles. The molecule has 2 aromatic rings. The zero-order chi connectivity index (χ0) is 19.6. The maximum Gasteiger partial charge on any atom is 0.314 e. The molecule has 2 aromatic carbocycles. The topological polar surface area (TPSA) is 63.7 Å². The Morgan fingerprint density at radius 2 is 1.59 bits per heavy atom. The second kappa shape index (κ2) is 7.78. The van der Waals surface area contributed by atoms with Crippen LogP contribution in [0.1, 0.15) is 24.0 Å². The molecule has 0 unspecified atom stereocenters. The first kappa shape index (κ1) is 19.5. The molecule has 0 radical (unpaired) electrons. The zero-order valence-corrected chi connectivity index (χ0v) is 16.1. The van der Waals surface area contributed by atoms with Gasteiger partial charge >= 0.3 is 5.97 Å². The van der Waals surface area contributed by atoms with Gasteiger partial charge in [0.1, 0.15) is 11.6 Å². The molecule has 1 saturated heterocycles. The maximum atomic E-state index is 13.0. The van der Waals surface area contributed by atoms with Gasteiger partial charge < -0.3 is 4.74 Å². The van der Waals surface area contributed by atoms with Gasteiger partial charge in [0.05, 0.1) is 10.8 Å². The van der Waals surface area contributed by atoms with Crippen LogP contribution in [0, 0.1) is 25.6 Å². The first-order valence-electron chi connectivity index (χ1n) is 8.81. The fourth-order valence-electron chi connectivity index (χ4n) is 3.28. The van der Waals surface area contributed by atoms with Crippen molar-refractivity contribution < 1.29 is 22.3 Å². The summed E-state index contributed by atoms with van der Waals surface area (Å²) in [6, 6.07) is 10.4. The molecular formula is C20H22FNO4S. The second-order valence-corrected chi connectivity index (χ2v) is 8.81. The molecule has 0 bridgehead atoms. The lowest BCUT2D eigenvalue weighted by Crippen LogP contribution is -2.41. The third-order valence-electron chi connectivity index (χ3n) is 4.65. The van der Waals surface area contributed by atoms with Crippen LogP contribution in [0.2, 0.25) is 0 Å². The van der Waals surface area contributed by atoms with Gasteiger partial charge in [0, 0.05) is 13.1 Å². The first-order chi connectivity index (χ1) is 12.8. The molecule has 144 valence electrons. The molecule has 0 amide bonds. The molecule has 0 aromatic heterocycles. The van der Waals surface area contributed by atoms with Crippen LogP contribution in [0.4, 0.5) is 4.39 Å². The Hall–Kier alpha value is -2.25. The number of aryl methyl sites for hydroxylation is 2. The largest absolute Gasteiger partial charge is 0.426 e. The number of halogens is 1. The lowest BCUT2D eigenvalue weighted by Gasteiger charge is -2.30. The first-order valence-corrected chi connectivity index (χ1v) is 10.3. The quantitative estimate of drug-likeness (QED) is 0.592. The van der Waals surface area contributed by atoms with Crippen LogP contribution >= 0.6 is 0 Å². The van der Waals surface area contributed by atoms with Gasteiger partial charge in [-0.15, -0.1) is 0 Å². The van der Waals surface area contributed by atoms with Crippen LogP contribution < -0.4 is 4.74 Å². The van der Waals surface area contributed by atoms with E-state index >= 15 is 0 Å². The highest BCUT2D eigenvalue weighted by Gasteiger charge is 2.33. The lowest BCUT2D eigenvalue weighted by molar-refractivity contribution is -0.140. The van der Waals surface area contributed by atoms with E-state index in [1.807, 2.05) is 19.9 Å². The van der Waals surface area contributed by atoms with E-state index in [4.69, 9.17) is 4.74 Å². The van der Waals surface area contributed by atoms with E-state index in [0.29, 0.717) is 18.6 Å². The van der Waals surface area contributed by atoms with Crippen molar-refractivity contribution in [3.05, 3.63) is 59.4 Å². The highest BCUT2D eigenvalue weighted by Crippen LogP contribution is 2.26. The van der Waals surface area contributed by atoms with Gasteiger partial charge in [-0.2, -0.15) is 4.31 Å². The van der Waals surface area contributed by atoms with Gasteiger partial charge in [0.2, 0.25) is 10.0 Å². The number of hydrogen-bond donors (Lipinski definition) is 0. The highest BCUT2D eigenvalue weighted by atomic mass is 32.2. The smallest absolute Gasteiger partial charge is 0.314 e. The fourth-order valence-corrected chi connectivity index (χ4v) is 4.75. The van der Waals surface area contributed by atoms with E-state index in [1.54, 1.807) is 12.1 Å². The minimum Gasteiger partial charge on any atom is -0.426 e. The Bertz CT molecular complexity index is 913. The van der Waals surface area contributed by atoms with Gasteiger partial charge in [-0.3, -0.25) is 4.79 Å². The van der Waals surface area contributed by atoms with E-state index in [1.165, 1.54) is 16.4 Å². The predicted molar refractivity (Wildman–Crippen MR) is 99.4 cm³/mol. The van der Waals surface area contributed by atoms with Crippen molar-refractivity contribution in [3.63, 3.8) is 0 Å². The maximum absolute atomic E-state index is 13.0. The number of esters is 1. The number of benzene rings is 2. The number of sulfonamides is 1. The summed E-state index contributed by atoms with van der Waals surface area (Å²) >= 11 is 0. The number of ether oxygens (including phenoxy) is 1. The molecule has 5 nitrogen and oxygen atoms in total. The molecule has 27 heavy (non-hydrogen) atoms. The van der Waals surface area contributed by atoms with Crippen LogP contribution in [0.25, 0.3) is 0 Å². The van der Waals surface area contributed by atoms with Crippen LogP contribution in [-0.2, 0) is 14.8 Å². The number of nitrogens with zero attached hydrogens (tertiary/aromatic N) is 1. The monoisotopic (exact) mass is 391 g/mol. The standard InChI is InChI=1S/C20H22FNO4S/c1-14-11-15(2)13-18(12-14)26-20(23)16-7-9-22(10-8-16)27(24,25)19-5-3-17(21)4-6-19/h3-6,11-13,16H,7-10H2,1-2H3. The Labute approximate surface area is 158 Å². The average molecular weight is 391 g/mol. The molecule has 0 atom stereocenters. The summed E-state index contributed by atoms with van der Waals surface area (Å²) in [6.07, 6.45) is 0.786. The Kier molecular flexibility index (Phi) is 5.62. The van der Waals surface area contributed by atoms with Crippen LogP contribution in [0.3, 0.4) is 0 Å². The molecule has 0 N–H and O–H groups in total. The molecular weight excluding hydrogens is 369 g/mol. The number of carbonyl (C=O) groups is 1. The van der Waals surface area contributed by atoms with Crippen LogP contribution in [0.5, 0.6) is 5.75 Å². The van der Waals surface area contributed by atoms with E-state index in [2.05, 4.69) is 0 Å². The Morgan fingerprint density at radius 1 is 1.04 bits per heavy atom. The molecule has 0 saturated carbocycles. The van der Waals surface area contributed by atoms with Crippen molar-refractivity contribution >= 4 is 16.0 Å². The molecule has 1 heterocycles. The second-order valence-electron chi connectivity index (χ2n) is 6.88. The van der Waals surface area contributed by atoms with Gasteiger partial charge in [0.15, 0.2) is 0 Å². The van der Waals surface area contributed by atoms with Gasteiger partial charge in [0.25, 0.3) is 0 Å². The Morgan fingerprint density at radius 3 is 2.15 bits per heavy atom.